The number of carboxylic acids is 1. The second-order valence-corrected chi connectivity index (χ2v) is 4.12. The van der Waals surface area contributed by atoms with Gasteiger partial charge in [0, 0.05) is 6.42 Å². The van der Waals surface area contributed by atoms with Crippen LogP contribution in [-0.4, -0.2) is 22.8 Å². The Balaban J connectivity index is 2.19. The van der Waals surface area contributed by atoms with Crippen molar-refractivity contribution >= 4 is 5.97 Å². The molecule has 0 saturated carbocycles. The maximum Gasteiger partial charge on any atom is 0.341 e. The molecular weight excluding hydrogens is 246 g/mol. The maximum atomic E-state index is 11.1. The average molecular weight is 261 g/mol. The summed E-state index contributed by atoms with van der Waals surface area (Å²) in [5.41, 5.74) is 1.54. The fraction of sp³-hybridized carbons (Fsp3) is 0.286. The van der Waals surface area contributed by atoms with E-state index in [4.69, 9.17) is 14.4 Å². The molecule has 1 N–H and O–H groups in total. The highest BCUT2D eigenvalue weighted by Gasteiger charge is 2.19. The van der Waals surface area contributed by atoms with Crippen LogP contribution in [0.5, 0.6) is 5.75 Å². The Hall–Kier alpha value is -2.30. The van der Waals surface area contributed by atoms with Gasteiger partial charge in [-0.2, -0.15) is 0 Å². The second kappa shape index (κ2) is 5.56. The van der Waals surface area contributed by atoms with Gasteiger partial charge in [0.15, 0.2) is 0 Å². The number of benzene rings is 1. The number of hydrogen-bond donors (Lipinski definition) is 1. The van der Waals surface area contributed by atoms with Crippen molar-refractivity contribution in [1.82, 2.24) is 5.16 Å². The smallest absolute Gasteiger partial charge is 0.341 e. The van der Waals surface area contributed by atoms with Gasteiger partial charge in [-0.3, -0.25) is 0 Å². The summed E-state index contributed by atoms with van der Waals surface area (Å²) in [6.07, 6.45) is 0.422. The second-order valence-electron chi connectivity index (χ2n) is 4.12. The molecular formula is C14H15NO4. The average Bonchev–Trinajstić information content (AvgIpc) is 2.73. The molecule has 2 aromatic rings. The zero-order chi connectivity index (χ0) is 13.8. The summed E-state index contributed by atoms with van der Waals surface area (Å²) >= 11 is 0. The number of carbonyl (C=O) groups is 1. The van der Waals surface area contributed by atoms with E-state index < -0.39 is 5.97 Å². The zero-order valence-electron chi connectivity index (χ0n) is 10.8. The van der Waals surface area contributed by atoms with Crippen LogP contribution in [0.4, 0.5) is 0 Å². The molecule has 0 radical (unpaired) electrons. The van der Waals surface area contributed by atoms with E-state index in [1.165, 1.54) is 0 Å². The van der Waals surface area contributed by atoms with Crippen molar-refractivity contribution in [2.45, 2.75) is 20.3 Å². The molecule has 0 saturated heterocycles. The first-order chi connectivity index (χ1) is 9.11. The standard InChI is InChI=1S/C14H15NO4/c1-3-18-11-6-4-10(5-7-11)8-12-13(14(16)17)9(2)19-15-12/h4-7H,3,8H2,1-2H3,(H,16,17). The van der Waals surface area contributed by atoms with E-state index in [0.29, 0.717) is 24.5 Å². The molecule has 0 fully saturated rings. The van der Waals surface area contributed by atoms with Crippen molar-refractivity contribution in [3.8, 4) is 5.75 Å². The van der Waals surface area contributed by atoms with E-state index >= 15 is 0 Å². The summed E-state index contributed by atoms with van der Waals surface area (Å²) in [7, 11) is 0. The predicted molar refractivity (Wildman–Crippen MR) is 68.6 cm³/mol. The minimum Gasteiger partial charge on any atom is -0.494 e. The lowest BCUT2D eigenvalue weighted by Gasteiger charge is -2.04. The highest BCUT2D eigenvalue weighted by atomic mass is 16.5. The van der Waals surface area contributed by atoms with Gasteiger partial charge < -0.3 is 14.4 Å². The Morgan fingerprint density at radius 3 is 2.63 bits per heavy atom. The lowest BCUT2D eigenvalue weighted by Crippen LogP contribution is -2.02. The minimum atomic E-state index is -1.01. The van der Waals surface area contributed by atoms with Crippen LogP contribution in [0.15, 0.2) is 28.8 Å². The Bertz CT molecular complexity index is 572. The normalized spacial score (nSPS) is 10.4. The summed E-state index contributed by atoms with van der Waals surface area (Å²) in [4.78, 5) is 11.1. The molecule has 0 aliphatic carbocycles. The first-order valence-electron chi connectivity index (χ1n) is 6.02. The molecule has 1 aromatic heterocycles. The van der Waals surface area contributed by atoms with Crippen molar-refractivity contribution in [1.29, 1.82) is 0 Å². The molecule has 1 heterocycles. The van der Waals surface area contributed by atoms with E-state index in [0.717, 1.165) is 11.3 Å². The van der Waals surface area contributed by atoms with Crippen LogP contribution in [0.1, 0.15) is 34.3 Å². The van der Waals surface area contributed by atoms with E-state index in [1.54, 1.807) is 6.92 Å². The summed E-state index contributed by atoms with van der Waals surface area (Å²) in [5, 5.41) is 12.9. The predicted octanol–water partition coefficient (Wildman–Crippen LogP) is 2.67. The molecule has 0 bridgehead atoms. The first-order valence-corrected chi connectivity index (χ1v) is 6.02. The van der Waals surface area contributed by atoms with Gasteiger partial charge in [-0.15, -0.1) is 0 Å². The largest absolute Gasteiger partial charge is 0.494 e. The summed E-state index contributed by atoms with van der Waals surface area (Å²) in [6, 6.07) is 7.49. The molecule has 19 heavy (non-hydrogen) atoms. The Morgan fingerprint density at radius 2 is 2.05 bits per heavy atom. The van der Waals surface area contributed by atoms with Gasteiger partial charge in [-0.1, -0.05) is 17.3 Å². The Morgan fingerprint density at radius 1 is 1.37 bits per heavy atom. The van der Waals surface area contributed by atoms with Crippen molar-refractivity contribution in [2.75, 3.05) is 6.61 Å². The minimum absolute atomic E-state index is 0.147. The highest BCUT2D eigenvalue weighted by Crippen LogP contribution is 2.19. The number of rotatable bonds is 5. The molecule has 0 aliphatic rings. The van der Waals surface area contributed by atoms with Gasteiger partial charge in [-0.25, -0.2) is 4.79 Å². The van der Waals surface area contributed by atoms with Crippen LogP contribution in [0.3, 0.4) is 0 Å². The fourth-order valence-electron chi connectivity index (χ4n) is 1.88. The molecule has 5 heteroatoms. The van der Waals surface area contributed by atoms with Crippen LogP contribution in [0.2, 0.25) is 0 Å². The van der Waals surface area contributed by atoms with Gasteiger partial charge in [-0.05, 0) is 31.5 Å². The van der Waals surface area contributed by atoms with Gasteiger partial charge in [0.1, 0.15) is 22.8 Å². The number of ether oxygens (including phenoxy) is 1. The summed E-state index contributed by atoms with van der Waals surface area (Å²) < 4.78 is 10.3. The number of carboxylic acid groups (broad SMARTS) is 1. The quantitative estimate of drug-likeness (QED) is 0.895. The maximum absolute atomic E-state index is 11.1. The topological polar surface area (TPSA) is 72.6 Å². The van der Waals surface area contributed by atoms with Crippen molar-refractivity contribution in [3.63, 3.8) is 0 Å². The Kier molecular flexibility index (Phi) is 3.85. The van der Waals surface area contributed by atoms with E-state index in [-0.39, 0.29) is 5.56 Å². The SMILES string of the molecule is CCOc1ccc(Cc2noc(C)c2C(=O)O)cc1. The van der Waals surface area contributed by atoms with Gasteiger partial charge in [0.05, 0.1) is 6.61 Å². The number of hydrogen-bond acceptors (Lipinski definition) is 4. The molecule has 100 valence electrons. The van der Waals surface area contributed by atoms with E-state index in [1.807, 2.05) is 31.2 Å². The first kappa shape index (κ1) is 13.1. The third-order valence-electron chi connectivity index (χ3n) is 2.75. The third-order valence-corrected chi connectivity index (χ3v) is 2.75. The summed E-state index contributed by atoms with van der Waals surface area (Å²) in [6.45, 7) is 4.13. The van der Waals surface area contributed by atoms with Crippen molar-refractivity contribution in [2.24, 2.45) is 0 Å². The third kappa shape index (κ3) is 2.93. The molecule has 0 aliphatic heterocycles. The summed E-state index contributed by atoms with van der Waals surface area (Å²) in [5.74, 6) is 0.106. The lowest BCUT2D eigenvalue weighted by molar-refractivity contribution is 0.0694. The number of aromatic carboxylic acids is 1. The number of aromatic nitrogens is 1. The van der Waals surface area contributed by atoms with Gasteiger partial charge in [0.25, 0.3) is 0 Å². The van der Waals surface area contributed by atoms with Crippen molar-refractivity contribution in [3.05, 3.63) is 46.8 Å². The van der Waals surface area contributed by atoms with Crippen LogP contribution in [0, 0.1) is 6.92 Å². The zero-order valence-corrected chi connectivity index (χ0v) is 10.8. The van der Waals surface area contributed by atoms with E-state index in [9.17, 15) is 4.79 Å². The fourth-order valence-corrected chi connectivity index (χ4v) is 1.88. The van der Waals surface area contributed by atoms with Crippen LogP contribution < -0.4 is 4.74 Å². The Labute approximate surface area is 110 Å². The van der Waals surface area contributed by atoms with Crippen molar-refractivity contribution < 1.29 is 19.2 Å². The lowest BCUT2D eigenvalue weighted by atomic mass is 10.1. The molecule has 1 aromatic carbocycles. The van der Waals surface area contributed by atoms with Crippen LogP contribution >= 0.6 is 0 Å². The highest BCUT2D eigenvalue weighted by molar-refractivity contribution is 5.89. The molecule has 0 atom stereocenters. The van der Waals surface area contributed by atoms with E-state index in [2.05, 4.69) is 5.16 Å². The molecule has 0 unspecified atom stereocenters. The van der Waals surface area contributed by atoms with Gasteiger partial charge in [0.2, 0.25) is 0 Å². The molecule has 0 spiro atoms. The molecule has 5 nitrogen and oxygen atoms in total. The molecule has 0 amide bonds. The number of nitrogens with zero attached hydrogens (tertiary/aromatic N) is 1. The number of aryl methyl sites for hydroxylation is 1. The van der Waals surface area contributed by atoms with Gasteiger partial charge >= 0.3 is 5.97 Å². The monoisotopic (exact) mass is 261 g/mol. The van der Waals surface area contributed by atoms with Crippen LogP contribution in [0.25, 0.3) is 0 Å². The molecule has 2 rings (SSSR count). The van der Waals surface area contributed by atoms with Crippen LogP contribution in [-0.2, 0) is 6.42 Å².